The number of amides is 1. The molecule has 134 valence electrons. The number of ketones is 1. The molecule has 1 N–H and O–H groups in total. The summed E-state index contributed by atoms with van der Waals surface area (Å²) in [6.07, 6.45) is 0.251. The Kier molecular flexibility index (Phi) is 5.56. The van der Waals surface area contributed by atoms with Gasteiger partial charge in [-0.25, -0.2) is 4.79 Å². The summed E-state index contributed by atoms with van der Waals surface area (Å²) in [5.41, 5.74) is 1.63. The summed E-state index contributed by atoms with van der Waals surface area (Å²) >= 11 is 0. The van der Waals surface area contributed by atoms with Crippen molar-refractivity contribution in [1.29, 1.82) is 0 Å². The van der Waals surface area contributed by atoms with Gasteiger partial charge >= 0.3 is 6.09 Å². The number of hydrogen-bond acceptors (Lipinski definition) is 6. The highest BCUT2D eigenvalue weighted by atomic mass is 16.6. The molecule has 2 aromatic rings. The molecule has 0 atom stereocenters. The SMILES string of the molecule is CC(=O)CCc1nc(-c2ccc(C)c(NC(=O)OC(C)(C)C)c2)no1. The Balaban J connectivity index is 2.15. The predicted octanol–water partition coefficient (Wildman–Crippen LogP) is 3.91. The summed E-state index contributed by atoms with van der Waals surface area (Å²) < 4.78 is 10.4. The molecule has 1 heterocycles. The van der Waals surface area contributed by atoms with Crippen molar-refractivity contribution >= 4 is 17.6 Å². The molecule has 1 amide bonds. The van der Waals surface area contributed by atoms with Gasteiger partial charge in [0.25, 0.3) is 0 Å². The van der Waals surface area contributed by atoms with Gasteiger partial charge in [0.15, 0.2) is 0 Å². The summed E-state index contributed by atoms with van der Waals surface area (Å²) in [4.78, 5) is 27.3. The maximum absolute atomic E-state index is 12.0. The highest BCUT2D eigenvalue weighted by molar-refractivity contribution is 5.87. The largest absolute Gasteiger partial charge is 0.444 e. The second-order valence-electron chi connectivity index (χ2n) is 6.87. The van der Waals surface area contributed by atoms with Crippen molar-refractivity contribution < 1.29 is 18.8 Å². The summed E-state index contributed by atoms with van der Waals surface area (Å²) in [6, 6.07) is 5.46. The zero-order chi connectivity index (χ0) is 18.6. The first-order chi connectivity index (χ1) is 11.6. The molecule has 7 heteroatoms. The molecule has 0 saturated heterocycles. The lowest BCUT2D eigenvalue weighted by molar-refractivity contribution is -0.117. The minimum absolute atomic E-state index is 0.0685. The Morgan fingerprint density at radius 2 is 2.00 bits per heavy atom. The molecule has 2 rings (SSSR count). The second-order valence-corrected chi connectivity index (χ2v) is 6.87. The number of nitrogens with zero attached hydrogens (tertiary/aromatic N) is 2. The quantitative estimate of drug-likeness (QED) is 0.883. The first-order valence-corrected chi connectivity index (χ1v) is 8.07. The molecule has 7 nitrogen and oxygen atoms in total. The minimum Gasteiger partial charge on any atom is -0.444 e. The number of ether oxygens (including phenoxy) is 1. The Labute approximate surface area is 146 Å². The average Bonchev–Trinajstić information content (AvgIpc) is 2.94. The van der Waals surface area contributed by atoms with Crippen molar-refractivity contribution in [3.63, 3.8) is 0 Å². The van der Waals surface area contributed by atoms with Gasteiger partial charge in [0.2, 0.25) is 11.7 Å². The van der Waals surface area contributed by atoms with Gasteiger partial charge in [-0.15, -0.1) is 0 Å². The van der Waals surface area contributed by atoms with Crippen LogP contribution >= 0.6 is 0 Å². The first kappa shape index (κ1) is 18.6. The van der Waals surface area contributed by atoms with Gasteiger partial charge in [-0.2, -0.15) is 4.98 Å². The zero-order valence-corrected chi connectivity index (χ0v) is 15.2. The second kappa shape index (κ2) is 7.46. The minimum atomic E-state index is -0.575. The number of aryl methyl sites for hydroxylation is 2. The van der Waals surface area contributed by atoms with Gasteiger partial charge in [-0.05, 0) is 46.2 Å². The number of aromatic nitrogens is 2. The summed E-state index contributed by atoms with van der Waals surface area (Å²) in [6.45, 7) is 8.81. The third kappa shape index (κ3) is 5.70. The molecule has 25 heavy (non-hydrogen) atoms. The van der Waals surface area contributed by atoms with Crippen LogP contribution in [0.4, 0.5) is 10.5 Å². The van der Waals surface area contributed by atoms with E-state index >= 15 is 0 Å². The third-order valence-corrected chi connectivity index (χ3v) is 3.29. The van der Waals surface area contributed by atoms with Crippen molar-refractivity contribution in [3.8, 4) is 11.4 Å². The van der Waals surface area contributed by atoms with E-state index in [2.05, 4.69) is 15.5 Å². The number of Topliss-reactive ketones (excluding diaryl/α,β-unsaturated/α-hetero) is 1. The van der Waals surface area contributed by atoms with Crippen LogP contribution < -0.4 is 5.32 Å². The van der Waals surface area contributed by atoms with Crippen molar-refractivity contribution in [1.82, 2.24) is 10.1 Å². The maximum Gasteiger partial charge on any atom is 0.412 e. The molecule has 1 aromatic carbocycles. The van der Waals surface area contributed by atoms with Crippen LogP contribution in [0.15, 0.2) is 22.7 Å². The zero-order valence-electron chi connectivity index (χ0n) is 15.2. The maximum atomic E-state index is 12.0. The van der Waals surface area contributed by atoms with Gasteiger partial charge in [-0.1, -0.05) is 17.3 Å². The van der Waals surface area contributed by atoms with E-state index in [4.69, 9.17) is 9.26 Å². The van der Waals surface area contributed by atoms with Crippen molar-refractivity contribution in [2.24, 2.45) is 0 Å². The van der Waals surface area contributed by atoms with Crippen molar-refractivity contribution in [2.75, 3.05) is 5.32 Å². The monoisotopic (exact) mass is 345 g/mol. The number of benzene rings is 1. The first-order valence-electron chi connectivity index (χ1n) is 8.07. The molecule has 0 spiro atoms. The highest BCUT2D eigenvalue weighted by Crippen LogP contribution is 2.24. The van der Waals surface area contributed by atoms with Gasteiger partial charge in [0, 0.05) is 24.1 Å². The Bertz CT molecular complexity index is 775. The average molecular weight is 345 g/mol. The van der Waals surface area contributed by atoms with Crippen molar-refractivity contribution in [3.05, 3.63) is 29.7 Å². The Hall–Kier alpha value is -2.70. The number of carbonyl (C=O) groups is 2. The van der Waals surface area contributed by atoms with Crippen LogP contribution in [0.1, 0.15) is 45.6 Å². The van der Waals surface area contributed by atoms with Crippen LogP contribution in [-0.4, -0.2) is 27.6 Å². The Morgan fingerprint density at radius 1 is 1.28 bits per heavy atom. The molecule has 0 fully saturated rings. The smallest absolute Gasteiger partial charge is 0.412 e. The van der Waals surface area contributed by atoms with E-state index in [1.54, 1.807) is 26.8 Å². The molecule has 0 bridgehead atoms. The van der Waals surface area contributed by atoms with E-state index < -0.39 is 11.7 Å². The van der Waals surface area contributed by atoms with E-state index in [0.717, 1.165) is 5.56 Å². The van der Waals surface area contributed by atoms with Crippen LogP contribution in [0.3, 0.4) is 0 Å². The number of anilines is 1. The van der Waals surface area contributed by atoms with E-state index in [1.807, 2.05) is 19.1 Å². The summed E-state index contributed by atoms with van der Waals surface area (Å²) in [5.74, 6) is 0.886. The topological polar surface area (TPSA) is 94.3 Å². The van der Waals surface area contributed by atoms with Crippen LogP contribution in [0.2, 0.25) is 0 Å². The van der Waals surface area contributed by atoms with Crippen LogP contribution in [0, 0.1) is 6.92 Å². The lowest BCUT2D eigenvalue weighted by atomic mass is 10.1. The molecule has 0 radical (unpaired) electrons. The normalized spacial score (nSPS) is 11.2. The molecule has 0 aliphatic heterocycles. The van der Waals surface area contributed by atoms with E-state index in [1.165, 1.54) is 6.92 Å². The highest BCUT2D eigenvalue weighted by Gasteiger charge is 2.17. The fourth-order valence-corrected chi connectivity index (χ4v) is 2.07. The van der Waals surface area contributed by atoms with Gasteiger partial charge in [-0.3, -0.25) is 5.32 Å². The fourth-order valence-electron chi connectivity index (χ4n) is 2.07. The number of nitrogens with one attached hydrogen (secondary N) is 1. The Morgan fingerprint density at radius 3 is 2.64 bits per heavy atom. The molecule has 1 aromatic heterocycles. The van der Waals surface area contributed by atoms with E-state index in [9.17, 15) is 9.59 Å². The van der Waals surface area contributed by atoms with Gasteiger partial charge < -0.3 is 14.1 Å². The van der Waals surface area contributed by atoms with E-state index in [-0.39, 0.29) is 5.78 Å². The summed E-state index contributed by atoms with van der Waals surface area (Å²) in [5, 5.41) is 6.66. The lowest BCUT2D eigenvalue weighted by Crippen LogP contribution is -2.27. The predicted molar refractivity (Wildman–Crippen MR) is 93.3 cm³/mol. The summed E-state index contributed by atoms with van der Waals surface area (Å²) in [7, 11) is 0. The number of carbonyl (C=O) groups excluding carboxylic acids is 2. The van der Waals surface area contributed by atoms with Gasteiger partial charge in [0.1, 0.15) is 11.4 Å². The molecular formula is C18H23N3O4. The molecule has 0 unspecified atom stereocenters. The van der Waals surface area contributed by atoms with Crippen LogP contribution in [0.5, 0.6) is 0 Å². The third-order valence-electron chi connectivity index (χ3n) is 3.29. The molecular weight excluding hydrogens is 322 g/mol. The van der Waals surface area contributed by atoms with Crippen LogP contribution in [-0.2, 0) is 16.0 Å². The van der Waals surface area contributed by atoms with Gasteiger partial charge in [0.05, 0.1) is 0 Å². The molecule has 0 aliphatic rings. The number of rotatable bonds is 5. The fraction of sp³-hybridized carbons (Fsp3) is 0.444. The lowest BCUT2D eigenvalue weighted by Gasteiger charge is -2.20. The standard InChI is InChI=1S/C18H23N3O4/c1-11-6-8-13(10-14(11)19-17(23)24-18(3,4)5)16-20-15(25-21-16)9-7-12(2)22/h6,8,10H,7,9H2,1-5H3,(H,19,23). The van der Waals surface area contributed by atoms with E-state index in [0.29, 0.717) is 35.8 Å². The van der Waals surface area contributed by atoms with Crippen LogP contribution in [0.25, 0.3) is 11.4 Å². The molecule has 0 saturated carbocycles. The van der Waals surface area contributed by atoms with Crippen molar-refractivity contribution in [2.45, 2.75) is 53.1 Å². The number of hydrogen-bond donors (Lipinski definition) is 1. The molecule has 0 aliphatic carbocycles.